The van der Waals surface area contributed by atoms with Crippen molar-refractivity contribution in [2.75, 3.05) is 32.8 Å². The molecule has 0 N–H and O–H groups in total. The van der Waals surface area contributed by atoms with Crippen molar-refractivity contribution in [1.82, 2.24) is 14.2 Å². The molecule has 1 aromatic heterocycles. The SMILES string of the molecule is CCOc1ccc(S(=O)(=O)N2CCN(C(=O)CCc3ncc(-c4ccccc4F)o3)CC2)cc1. The molecule has 0 atom stereocenters. The second-order valence-corrected chi connectivity index (χ2v) is 9.73. The smallest absolute Gasteiger partial charge is 0.243 e. The third-order valence-electron chi connectivity index (χ3n) is 5.61. The number of hydrogen-bond acceptors (Lipinski definition) is 6. The van der Waals surface area contributed by atoms with Gasteiger partial charge < -0.3 is 14.1 Å². The Labute approximate surface area is 198 Å². The molecule has 1 amide bonds. The largest absolute Gasteiger partial charge is 0.494 e. The summed E-state index contributed by atoms with van der Waals surface area (Å²) in [5.41, 5.74) is 0.317. The quantitative estimate of drug-likeness (QED) is 0.484. The summed E-state index contributed by atoms with van der Waals surface area (Å²) in [4.78, 5) is 18.6. The molecule has 1 aliphatic heterocycles. The monoisotopic (exact) mass is 487 g/mol. The number of nitrogens with zero attached hydrogens (tertiary/aromatic N) is 3. The zero-order chi connectivity index (χ0) is 24.1. The number of benzene rings is 2. The predicted octanol–water partition coefficient (Wildman–Crippen LogP) is 3.35. The number of hydrogen-bond donors (Lipinski definition) is 0. The number of aromatic nitrogens is 1. The Morgan fingerprint density at radius 1 is 1.09 bits per heavy atom. The van der Waals surface area contributed by atoms with Gasteiger partial charge in [-0.3, -0.25) is 4.79 Å². The van der Waals surface area contributed by atoms with E-state index in [1.807, 2.05) is 6.92 Å². The summed E-state index contributed by atoms with van der Waals surface area (Å²) >= 11 is 0. The third-order valence-corrected chi connectivity index (χ3v) is 7.52. The molecule has 0 radical (unpaired) electrons. The molecule has 2 aromatic carbocycles. The van der Waals surface area contributed by atoms with Crippen LogP contribution in [0.15, 0.2) is 64.0 Å². The zero-order valence-electron chi connectivity index (χ0n) is 18.8. The highest BCUT2D eigenvalue weighted by Gasteiger charge is 2.30. The van der Waals surface area contributed by atoms with Gasteiger partial charge in [-0.15, -0.1) is 0 Å². The predicted molar refractivity (Wildman–Crippen MR) is 123 cm³/mol. The number of oxazole rings is 1. The number of carbonyl (C=O) groups excluding carboxylic acids is 1. The molecule has 8 nitrogen and oxygen atoms in total. The van der Waals surface area contributed by atoms with E-state index in [-0.39, 0.29) is 36.7 Å². The molecular formula is C24H26FN3O5S. The molecule has 4 rings (SSSR count). The van der Waals surface area contributed by atoms with Crippen molar-refractivity contribution in [3.8, 4) is 17.1 Å². The van der Waals surface area contributed by atoms with Crippen molar-refractivity contribution in [1.29, 1.82) is 0 Å². The van der Waals surface area contributed by atoms with Gasteiger partial charge in [-0.1, -0.05) is 12.1 Å². The van der Waals surface area contributed by atoms with Crippen LogP contribution in [0.25, 0.3) is 11.3 Å². The molecule has 0 bridgehead atoms. The van der Waals surface area contributed by atoms with Crippen LogP contribution >= 0.6 is 0 Å². The fraction of sp³-hybridized carbons (Fsp3) is 0.333. The van der Waals surface area contributed by atoms with E-state index in [1.54, 1.807) is 35.2 Å². The normalized spacial score (nSPS) is 14.8. The standard InChI is InChI=1S/C24H26FN3O5S/c1-2-32-18-7-9-19(10-8-18)34(30,31)28-15-13-27(14-16-28)24(29)12-11-23-26-17-22(33-23)20-5-3-4-6-21(20)25/h3-10,17H,2,11-16H2,1H3. The van der Waals surface area contributed by atoms with Crippen molar-refractivity contribution >= 4 is 15.9 Å². The highest BCUT2D eigenvalue weighted by atomic mass is 32.2. The van der Waals surface area contributed by atoms with Crippen molar-refractivity contribution < 1.29 is 26.8 Å². The highest BCUT2D eigenvalue weighted by molar-refractivity contribution is 7.89. The summed E-state index contributed by atoms with van der Waals surface area (Å²) in [5.74, 6) is 0.768. The van der Waals surface area contributed by atoms with E-state index >= 15 is 0 Å². The summed E-state index contributed by atoms with van der Waals surface area (Å²) in [6.07, 6.45) is 1.89. The van der Waals surface area contributed by atoms with Gasteiger partial charge in [-0.05, 0) is 43.3 Å². The number of halogens is 1. The number of sulfonamides is 1. The van der Waals surface area contributed by atoms with Crippen LogP contribution in [-0.2, 0) is 21.2 Å². The van der Waals surface area contributed by atoms with Gasteiger partial charge in [0, 0.05) is 39.0 Å². The molecule has 34 heavy (non-hydrogen) atoms. The first kappa shape index (κ1) is 23.9. The molecule has 3 aromatic rings. The summed E-state index contributed by atoms with van der Waals surface area (Å²) in [7, 11) is -3.64. The summed E-state index contributed by atoms with van der Waals surface area (Å²) in [5, 5.41) is 0. The van der Waals surface area contributed by atoms with Gasteiger partial charge in [0.15, 0.2) is 11.7 Å². The molecule has 1 saturated heterocycles. The Hall–Kier alpha value is -3.24. The fourth-order valence-electron chi connectivity index (χ4n) is 3.78. The molecule has 0 spiro atoms. The van der Waals surface area contributed by atoms with Crippen LogP contribution in [0.2, 0.25) is 0 Å². The molecule has 0 aliphatic carbocycles. The summed E-state index contributed by atoms with van der Waals surface area (Å²) in [6.45, 7) is 3.42. The van der Waals surface area contributed by atoms with E-state index < -0.39 is 15.8 Å². The highest BCUT2D eigenvalue weighted by Crippen LogP contribution is 2.24. The van der Waals surface area contributed by atoms with Crippen LogP contribution in [-0.4, -0.2) is 61.3 Å². The van der Waals surface area contributed by atoms with Gasteiger partial charge >= 0.3 is 0 Å². The van der Waals surface area contributed by atoms with Crippen molar-refractivity contribution in [2.24, 2.45) is 0 Å². The maximum absolute atomic E-state index is 13.9. The first-order valence-electron chi connectivity index (χ1n) is 11.1. The molecule has 1 fully saturated rings. The molecule has 0 saturated carbocycles. The first-order chi connectivity index (χ1) is 16.4. The van der Waals surface area contributed by atoms with E-state index in [0.29, 0.717) is 42.7 Å². The van der Waals surface area contributed by atoms with Crippen molar-refractivity contribution in [3.05, 3.63) is 66.4 Å². The first-order valence-corrected chi connectivity index (χ1v) is 12.5. The lowest BCUT2D eigenvalue weighted by molar-refractivity contribution is -0.132. The number of carbonyl (C=O) groups is 1. The van der Waals surface area contributed by atoms with Gasteiger partial charge in [0.2, 0.25) is 15.9 Å². The Morgan fingerprint density at radius 3 is 2.47 bits per heavy atom. The van der Waals surface area contributed by atoms with E-state index in [9.17, 15) is 17.6 Å². The summed E-state index contributed by atoms with van der Waals surface area (Å²) in [6, 6.07) is 12.6. The van der Waals surface area contributed by atoms with Crippen LogP contribution in [0.1, 0.15) is 19.2 Å². The van der Waals surface area contributed by atoms with Crippen LogP contribution in [0.4, 0.5) is 4.39 Å². The molecule has 0 unspecified atom stereocenters. The summed E-state index contributed by atoms with van der Waals surface area (Å²) < 4.78 is 52.1. The maximum atomic E-state index is 13.9. The van der Waals surface area contributed by atoms with Crippen LogP contribution in [0.5, 0.6) is 5.75 Å². The topological polar surface area (TPSA) is 93.0 Å². The Morgan fingerprint density at radius 2 is 1.79 bits per heavy atom. The van der Waals surface area contributed by atoms with E-state index in [2.05, 4.69) is 4.98 Å². The van der Waals surface area contributed by atoms with Gasteiger partial charge in [0.05, 0.1) is 23.3 Å². The van der Waals surface area contributed by atoms with Crippen molar-refractivity contribution in [3.63, 3.8) is 0 Å². The fourth-order valence-corrected chi connectivity index (χ4v) is 5.21. The minimum Gasteiger partial charge on any atom is -0.494 e. The average Bonchev–Trinajstić information content (AvgIpc) is 3.32. The molecule has 180 valence electrons. The average molecular weight is 488 g/mol. The lowest BCUT2D eigenvalue weighted by atomic mass is 10.2. The zero-order valence-corrected chi connectivity index (χ0v) is 19.6. The third kappa shape index (κ3) is 5.28. The maximum Gasteiger partial charge on any atom is 0.243 e. The number of amides is 1. The molecule has 1 aliphatic rings. The van der Waals surface area contributed by atoms with Crippen LogP contribution in [0, 0.1) is 5.82 Å². The lowest BCUT2D eigenvalue weighted by Crippen LogP contribution is -2.50. The minimum atomic E-state index is -3.64. The van der Waals surface area contributed by atoms with Gasteiger partial charge in [0.1, 0.15) is 11.6 Å². The van der Waals surface area contributed by atoms with Gasteiger partial charge in [-0.2, -0.15) is 4.31 Å². The number of piperazine rings is 1. The lowest BCUT2D eigenvalue weighted by Gasteiger charge is -2.34. The molecular weight excluding hydrogens is 461 g/mol. The molecule has 10 heteroatoms. The number of rotatable bonds is 8. The Balaban J connectivity index is 1.29. The number of ether oxygens (including phenoxy) is 1. The van der Waals surface area contributed by atoms with Crippen LogP contribution in [0.3, 0.4) is 0 Å². The molecule has 2 heterocycles. The van der Waals surface area contributed by atoms with E-state index in [1.165, 1.54) is 28.7 Å². The van der Waals surface area contributed by atoms with Crippen molar-refractivity contribution in [2.45, 2.75) is 24.7 Å². The minimum absolute atomic E-state index is 0.108. The van der Waals surface area contributed by atoms with Gasteiger partial charge in [-0.25, -0.2) is 17.8 Å². The second-order valence-electron chi connectivity index (χ2n) is 7.79. The van der Waals surface area contributed by atoms with Gasteiger partial charge in [0.25, 0.3) is 0 Å². The second kappa shape index (κ2) is 10.4. The Bertz CT molecular complexity index is 1240. The Kier molecular flexibility index (Phi) is 7.28. The number of aryl methyl sites for hydroxylation is 1. The van der Waals surface area contributed by atoms with E-state index in [4.69, 9.17) is 9.15 Å². The van der Waals surface area contributed by atoms with Crippen LogP contribution < -0.4 is 4.74 Å². The van der Waals surface area contributed by atoms with E-state index in [0.717, 1.165) is 0 Å².